The van der Waals surface area contributed by atoms with Crippen LogP contribution in [0.2, 0.25) is 0 Å². The van der Waals surface area contributed by atoms with Crippen molar-refractivity contribution in [2.75, 3.05) is 6.26 Å². The number of aromatic nitrogens is 2. The molecule has 1 heterocycles. The second-order valence-corrected chi connectivity index (χ2v) is 4.84. The van der Waals surface area contributed by atoms with Crippen LogP contribution >= 0.6 is 23.3 Å². The average Bonchev–Trinajstić information content (AvgIpc) is 2.83. The number of carbonyl (C=O) groups is 1. The predicted octanol–water partition coefficient (Wildman–Crippen LogP) is 1.63. The number of carbonyl (C=O) groups excluding carboxylic acids is 1. The van der Waals surface area contributed by atoms with Crippen LogP contribution in [0.5, 0.6) is 0 Å². The summed E-state index contributed by atoms with van der Waals surface area (Å²) in [5.41, 5.74) is 1.20. The molecule has 0 bridgehead atoms. The minimum Gasteiger partial charge on any atom is -0.328 e. The van der Waals surface area contributed by atoms with E-state index in [1.165, 1.54) is 23.3 Å². The van der Waals surface area contributed by atoms with E-state index in [0.29, 0.717) is 11.1 Å². The van der Waals surface area contributed by atoms with Gasteiger partial charge in [0.25, 0.3) is 5.91 Å². The molecule has 0 aliphatic carbocycles. The minimum atomic E-state index is -0.543. The highest BCUT2D eigenvalue weighted by molar-refractivity contribution is 7.99. The van der Waals surface area contributed by atoms with Gasteiger partial charge in [0, 0.05) is 0 Å². The fourth-order valence-electron chi connectivity index (χ4n) is 1.32. The van der Waals surface area contributed by atoms with Gasteiger partial charge in [-0.15, -0.1) is 16.9 Å². The average molecular weight is 264 g/mol. The van der Waals surface area contributed by atoms with Crippen molar-refractivity contribution in [2.24, 2.45) is 0 Å². The van der Waals surface area contributed by atoms with E-state index in [2.05, 4.69) is 14.9 Å². The number of benzene rings is 1. The Balaban J connectivity index is 2.31. The van der Waals surface area contributed by atoms with Crippen LogP contribution in [0, 0.1) is 11.3 Å². The quantitative estimate of drug-likeness (QED) is 0.852. The molecular formula is C10H8N4OS2. The lowest BCUT2D eigenvalue weighted by Gasteiger charge is -2.08. The Hall–Kier alpha value is -1.65. The molecule has 0 aliphatic heterocycles. The van der Waals surface area contributed by atoms with Gasteiger partial charge in [0.05, 0.1) is 16.3 Å². The number of fused-ring (bicyclic) bond motifs is 1. The summed E-state index contributed by atoms with van der Waals surface area (Å²) in [6, 6.07) is 7.24. The van der Waals surface area contributed by atoms with Crippen LogP contribution in [0.1, 0.15) is 10.4 Å². The third-order valence-electron chi connectivity index (χ3n) is 2.13. The maximum Gasteiger partial charge on any atom is 0.254 e. The molecule has 0 saturated heterocycles. The van der Waals surface area contributed by atoms with Crippen LogP contribution in [0.4, 0.5) is 0 Å². The van der Waals surface area contributed by atoms with E-state index in [1.54, 1.807) is 24.5 Å². The Labute approximate surface area is 106 Å². The van der Waals surface area contributed by atoms with Gasteiger partial charge in [0.15, 0.2) is 5.37 Å². The zero-order valence-electron chi connectivity index (χ0n) is 8.88. The summed E-state index contributed by atoms with van der Waals surface area (Å²) in [6.45, 7) is 0. The van der Waals surface area contributed by atoms with Crippen molar-refractivity contribution in [2.45, 2.75) is 5.37 Å². The Morgan fingerprint density at radius 1 is 1.65 bits per heavy atom. The minimum absolute atomic E-state index is 0.275. The van der Waals surface area contributed by atoms with E-state index >= 15 is 0 Å². The van der Waals surface area contributed by atoms with Gasteiger partial charge in [-0.3, -0.25) is 4.79 Å². The maximum absolute atomic E-state index is 12.0. The number of rotatable bonds is 3. The topological polar surface area (TPSA) is 78.7 Å². The highest BCUT2D eigenvalue weighted by atomic mass is 32.2. The Morgan fingerprint density at radius 2 is 2.47 bits per heavy atom. The van der Waals surface area contributed by atoms with Crippen LogP contribution in [-0.4, -0.2) is 27.1 Å². The highest BCUT2D eigenvalue weighted by Gasteiger charge is 2.15. The van der Waals surface area contributed by atoms with E-state index in [0.717, 1.165) is 4.70 Å². The van der Waals surface area contributed by atoms with Gasteiger partial charge >= 0.3 is 0 Å². The summed E-state index contributed by atoms with van der Waals surface area (Å²) in [5.74, 6) is -0.275. The van der Waals surface area contributed by atoms with E-state index < -0.39 is 5.37 Å². The van der Waals surface area contributed by atoms with Gasteiger partial charge in [-0.25, -0.2) is 0 Å². The summed E-state index contributed by atoms with van der Waals surface area (Å²) in [5, 5.41) is 14.8. The molecule has 86 valence electrons. The first-order valence-corrected chi connectivity index (χ1v) is 6.76. The third kappa shape index (κ3) is 2.38. The van der Waals surface area contributed by atoms with Crippen LogP contribution in [0.15, 0.2) is 18.2 Å². The first kappa shape index (κ1) is 11.8. The molecular weight excluding hydrogens is 256 g/mol. The molecule has 1 amide bonds. The lowest BCUT2D eigenvalue weighted by molar-refractivity contribution is 0.0957. The number of amides is 1. The Morgan fingerprint density at radius 3 is 3.18 bits per heavy atom. The second-order valence-electron chi connectivity index (χ2n) is 3.15. The van der Waals surface area contributed by atoms with Crippen LogP contribution in [-0.2, 0) is 0 Å². The van der Waals surface area contributed by atoms with Crippen LogP contribution in [0.3, 0.4) is 0 Å². The van der Waals surface area contributed by atoms with Crippen molar-refractivity contribution in [3.05, 3.63) is 23.8 Å². The molecule has 0 radical (unpaired) electrons. The summed E-state index contributed by atoms with van der Waals surface area (Å²) in [4.78, 5) is 12.0. The molecule has 1 N–H and O–H groups in total. The summed E-state index contributed by atoms with van der Waals surface area (Å²) in [6.07, 6.45) is 1.77. The molecule has 0 fully saturated rings. The van der Waals surface area contributed by atoms with Crippen molar-refractivity contribution >= 4 is 39.4 Å². The predicted molar refractivity (Wildman–Crippen MR) is 67.8 cm³/mol. The van der Waals surface area contributed by atoms with Crippen LogP contribution in [0.25, 0.3) is 10.2 Å². The van der Waals surface area contributed by atoms with Gasteiger partial charge < -0.3 is 5.32 Å². The molecule has 1 unspecified atom stereocenters. The van der Waals surface area contributed by atoms with Gasteiger partial charge in [-0.05, 0) is 29.9 Å². The highest BCUT2D eigenvalue weighted by Crippen LogP contribution is 2.20. The monoisotopic (exact) mass is 264 g/mol. The maximum atomic E-state index is 12.0. The third-order valence-corrected chi connectivity index (χ3v) is 3.60. The first-order chi connectivity index (χ1) is 8.26. The fraction of sp³-hybridized carbons (Fsp3) is 0.200. The SMILES string of the molecule is CSC(C#N)NC(=O)c1cccc2nnsc12. The smallest absolute Gasteiger partial charge is 0.254 e. The van der Waals surface area contributed by atoms with Crippen molar-refractivity contribution in [1.82, 2.24) is 14.9 Å². The number of nitriles is 1. The molecule has 17 heavy (non-hydrogen) atoms. The number of thioether (sulfide) groups is 1. The molecule has 7 heteroatoms. The summed E-state index contributed by atoms with van der Waals surface area (Å²) in [7, 11) is 0. The first-order valence-electron chi connectivity index (χ1n) is 4.70. The summed E-state index contributed by atoms with van der Waals surface area (Å²) < 4.78 is 4.54. The lowest BCUT2D eigenvalue weighted by Crippen LogP contribution is -2.31. The standard InChI is InChI=1S/C10H8N4OS2/c1-16-8(5-11)12-10(15)6-3-2-4-7-9(6)17-14-13-7/h2-4,8H,1H3,(H,12,15). The van der Waals surface area contributed by atoms with Gasteiger partial charge in [-0.2, -0.15) is 5.26 Å². The molecule has 1 aromatic carbocycles. The van der Waals surface area contributed by atoms with E-state index in [4.69, 9.17) is 5.26 Å². The molecule has 1 aromatic heterocycles. The molecule has 0 aliphatic rings. The van der Waals surface area contributed by atoms with Crippen molar-refractivity contribution in [3.63, 3.8) is 0 Å². The second kappa shape index (κ2) is 5.12. The van der Waals surface area contributed by atoms with Crippen LogP contribution < -0.4 is 5.32 Å². The van der Waals surface area contributed by atoms with E-state index in [9.17, 15) is 4.79 Å². The molecule has 5 nitrogen and oxygen atoms in total. The number of nitrogens with zero attached hydrogens (tertiary/aromatic N) is 3. The number of nitrogens with one attached hydrogen (secondary N) is 1. The molecule has 2 rings (SSSR count). The summed E-state index contributed by atoms with van der Waals surface area (Å²) >= 11 is 2.45. The normalized spacial score (nSPS) is 12.0. The van der Waals surface area contributed by atoms with E-state index in [1.807, 2.05) is 6.07 Å². The van der Waals surface area contributed by atoms with Gasteiger partial charge in [-0.1, -0.05) is 10.6 Å². The molecule has 0 saturated carbocycles. The molecule has 0 spiro atoms. The fourth-order valence-corrected chi connectivity index (χ4v) is 2.33. The lowest BCUT2D eigenvalue weighted by atomic mass is 10.2. The zero-order valence-corrected chi connectivity index (χ0v) is 10.5. The molecule has 1 atom stereocenters. The van der Waals surface area contributed by atoms with Crippen molar-refractivity contribution in [1.29, 1.82) is 5.26 Å². The van der Waals surface area contributed by atoms with Crippen molar-refractivity contribution in [3.8, 4) is 6.07 Å². The Bertz CT molecular complexity index is 589. The van der Waals surface area contributed by atoms with Gasteiger partial charge in [0.1, 0.15) is 5.52 Å². The largest absolute Gasteiger partial charge is 0.328 e. The molecule has 2 aromatic rings. The van der Waals surface area contributed by atoms with Gasteiger partial charge in [0.2, 0.25) is 0 Å². The number of hydrogen-bond acceptors (Lipinski definition) is 6. The van der Waals surface area contributed by atoms with E-state index in [-0.39, 0.29) is 5.91 Å². The Kier molecular flexibility index (Phi) is 3.56. The van der Waals surface area contributed by atoms with Crippen molar-refractivity contribution < 1.29 is 4.79 Å². The zero-order chi connectivity index (χ0) is 12.3. The number of hydrogen-bond donors (Lipinski definition) is 1.